The van der Waals surface area contributed by atoms with Crippen molar-refractivity contribution >= 4 is 0 Å². The minimum atomic E-state index is -1.91. The summed E-state index contributed by atoms with van der Waals surface area (Å²) in [5, 5.41) is 10.7. The number of aromatic amines is 1. The molecule has 7 nitrogen and oxygen atoms in total. The van der Waals surface area contributed by atoms with Crippen LogP contribution in [0.2, 0.25) is 0 Å². The molecule has 1 aromatic heterocycles. The second kappa shape index (κ2) is 10.3. The first-order valence-electron chi connectivity index (χ1n) is 12.0. The van der Waals surface area contributed by atoms with E-state index in [0.717, 1.165) is 21.3 Å². The lowest BCUT2D eigenvalue weighted by atomic mass is 9.80. The number of aliphatic hydroxyl groups is 1. The first-order valence-corrected chi connectivity index (χ1v) is 12.0. The Morgan fingerprint density at radius 1 is 0.919 bits per heavy atom. The van der Waals surface area contributed by atoms with Crippen LogP contribution in [0.5, 0.6) is 0 Å². The van der Waals surface area contributed by atoms with Gasteiger partial charge in [-0.1, -0.05) is 91.0 Å². The van der Waals surface area contributed by atoms with Crippen molar-refractivity contribution in [3.63, 3.8) is 0 Å². The van der Waals surface area contributed by atoms with Gasteiger partial charge in [-0.3, -0.25) is 14.3 Å². The summed E-state index contributed by atoms with van der Waals surface area (Å²) >= 11 is 0. The van der Waals surface area contributed by atoms with Gasteiger partial charge < -0.3 is 14.6 Å². The van der Waals surface area contributed by atoms with Crippen molar-refractivity contribution in [3.8, 4) is 0 Å². The van der Waals surface area contributed by atoms with Crippen LogP contribution in [0.15, 0.2) is 107 Å². The molecule has 4 unspecified atom stereocenters. The van der Waals surface area contributed by atoms with Gasteiger partial charge in [0, 0.05) is 11.8 Å². The van der Waals surface area contributed by atoms with Crippen LogP contribution >= 0.6 is 0 Å². The molecule has 4 aromatic rings. The Morgan fingerprint density at radius 2 is 1.41 bits per heavy atom. The first-order chi connectivity index (χ1) is 17.9. The summed E-state index contributed by atoms with van der Waals surface area (Å²) < 4.78 is 28.7. The molecular weight excluding hydrogens is 475 g/mol. The van der Waals surface area contributed by atoms with Gasteiger partial charge in [0.25, 0.3) is 5.56 Å². The minimum absolute atomic E-state index is 0.173. The topological polar surface area (TPSA) is 93.6 Å². The third kappa shape index (κ3) is 4.55. The molecule has 0 radical (unpaired) electrons. The predicted octanol–water partition coefficient (Wildman–Crippen LogP) is 3.45. The molecule has 0 saturated carbocycles. The van der Waals surface area contributed by atoms with E-state index in [0.29, 0.717) is 0 Å². The van der Waals surface area contributed by atoms with Gasteiger partial charge in [0.1, 0.15) is 17.8 Å². The summed E-state index contributed by atoms with van der Waals surface area (Å²) in [6, 6.07) is 29.0. The maximum Gasteiger partial charge on any atom is 0.330 e. The number of alkyl halides is 1. The van der Waals surface area contributed by atoms with E-state index < -0.39 is 41.5 Å². The smallest absolute Gasteiger partial charge is 0.330 e. The summed E-state index contributed by atoms with van der Waals surface area (Å²) in [4.78, 5) is 26.3. The van der Waals surface area contributed by atoms with Gasteiger partial charge in [0.2, 0.25) is 0 Å². The fourth-order valence-corrected chi connectivity index (χ4v) is 4.82. The average Bonchev–Trinajstić information content (AvgIpc) is 3.21. The van der Waals surface area contributed by atoms with E-state index in [1.165, 1.54) is 13.1 Å². The van der Waals surface area contributed by atoms with Crippen LogP contribution in [-0.2, 0) is 15.1 Å². The summed E-state index contributed by atoms with van der Waals surface area (Å²) in [6.45, 7) is 1.33. The number of hydrogen-bond donors (Lipinski definition) is 2. The zero-order valence-corrected chi connectivity index (χ0v) is 20.2. The Hall–Kier alpha value is -3.85. The van der Waals surface area contributed by atoms with E-state index in [4.69, 9.17) is 9.47 Å². The van der Waals surface area contributed by atoms with E-state index in [-0.39, 0.29) is 12.2 Å². The lowest BCUT2D eigenvalue weighted by Crippen LogP contribution is -2.39. The summed E-state index contributed by atoms with van der Waals surface area (Å²) in [5.74, 6) is 0. The number of aliphatic hydroxyl groups excluding tert-OH is 1. The highest BCUT2D eigenvalue weighted by atomic mass is 19.1. The monoisotopic (exact) mass is 502 g/mol. The molecule has 1 aliphatic rings. The van der Waals surface area contributed by atoms with Gasteiger partial charge in [0.05, 0.1) is 6.61 Å². The Bertz CT molecular complexity index is 1360. The van der Waals surface area contributed by atoms with Gasteiger partial charge in [-0.25, -0.2) is 9.18 Å². The number of hydrogen-bond acceptors (Lipinski definition) is 5. The van der Waals surface area contributed by atoms with Crippen LogP contribution in [0.1, 0.15) is 28.5 Å². The lowest BCUT2D eigenvalue weighted by molar-refractivity contribution is -0.0950. The molecule has 4 atom stereocenters. The standard InChI is InChI=1S/C29H27FN2O5/c1-19-17-32(28(35)31-26(19)34)27-24(30)25(33)23(37-27)18-36-29(20-11-5-2-6-12-20,21-13-7-3-8-14-21)22-15-9-4-10-16-22/h2-17,23-25,27,33H,18H2,1H3,(H,31,34,35). The van der Waals surface area contributed by atoms with Crippen molar-refractivity contribution in [1.82, 2.24) is 9.55 Å². The van der Waals surface area contributed by atoms with Crippen LogP contribution < -0.4 is 11.2 Å². The molecule has 1 saturated heterocycles. The number of aryl methyl sites for hydroxylation is 1. The molecular formula is C29H27FN2O5. The highest BCUT2D eigenvalue weighted by molar-refractivity contribution is 5.47. The zero-order chi connectivity index (χ0) is 26.0. The highest BCUT2D eigenvalue weighted by Crippen LogP contribution is 2.41. The fourth-order valence-electron chi connectivity index (χ4n) is 4.82. The van der Waals surface area contributed by atoms with E-state index in [9.17, 15) is 14.7 Å². The normalized spacial score (nSPS) is 21.7. The van der Waals surface area contributed by atoms with Crippen molar-refractivity contribution in [2.45, 2.75) is 37.1 Å². The third-order valence-corrected chi connectivity index (χ3v) is 6.72. The van der Waals surface area contributed by atoms with Gasteiger partial charge in [-0.05, 0) is 23.6 Å². The molecule has 0 amide bonds. The fraction of sp³-hybridized carbons (Fsp3) is 0.241. The Morgan fingerprint density at radius 3 is 1.89 bits per heavy atom. The van der Waals surface area contributed by atoms with E-state index in [1.54, 1.807) is 0 Å². The zero-order valence-electron chi connectivity index (χ0n) is 20.2. The van der Waals surface area contributed by atoms with Crippen LogP contribution in [0.3, 0.4) is 0 Å². The summed E-state index contributed by atoms with van der Waals surface area (Å²) in [5.41, 5.74) is 0.308. The molecule has 0 aliphatic carbocycles. The number of halogens is 1. The van der Waals surface area contributed by atoms with Crippen molar-refractivity contribution < 1.29 is 19.0 Å². The number of nitrogens with zero attached hydrogens (tertiary/aromatic N) is 1. The Balaban J connectivity index is 1.53. The second-order valence-corrected chi connectivity index (χ2v) is 9.07. The Kier molecular flexibility index (Phi) is 6.88. The SMILES string of the molecule is Cc1cn(C2OC(COC(c3ccccc3)(c3ccccc3)c3ccccc3)C(O)C2F)c(=O)[nH]c1=O. The van der Waals surface area contributed by atoms with Gasteiger partial charge in [-0.15, -0.1) is 0 Å². The molecule has 1 fully saturated rings. The second-order valence-electron chi connectivity index (χ2n) is 9.07. The number of ether oxygens (including phenoxy) is 2. The predicted molar refractivity (Wildman–Crippen MR) is 136 cm³/mol. The summed E-state index contributed by atoms with van der Waals surface area (Å²) in [7, 11) is 0. The van der Waals surface area contributed by atoms with Crippen molar-refractivity contribution in [2.24, 2.45) is 0 Å². The number of nitrogens with one attached hydrogen (secondary N) is 1. The summed E-state index contributed by atoms with van der Waals surface area (Å²) in [6.07, 6.45) is -4.71. The molecule has 37 heavy (non-hydrogen) atoms. The number of H-pyrrole nitrogens is 1. The number of benzene rings is 3. The first kappa shape index (κ1) is 24.8. The number of rotatable bonds is 7. The third-order valence-electron chi connectivity index (χ3n) is 6.72. The molecule has 0 spiro atoms. The average molecular weight is 503 g/mol. The highest BCUT2D eigenvalue weighted by Gasteiger charge is 2.47. The van der Waals surface area contributed by atoms with E-state index in [2.05, 4.69) is 4.98 Å². The molecule has 5 rings (SSSR count). The molecule has 190 valence electrons. The molecule has 0 bridgehead atoms. The van der Waals surface area contributed by atoms with Crippen molar-refractivity contribution in [3.05, 3.63) is 140 Å². The maximum absolute atomic E-state index is 15.2. The van der Waals surface area contributed by atoms with Crippen LogP contribution in [0.25, 0.3) is 0 Å². The largest absolute Gasteiger partial charge is 0.387 e. The van der Waals surface area contributed by atoms with Gasteiger partial charge >= 0.3 is 5.69 Å². The van der Waals surface area contributed by atoms with Crippen LogP contribution in [0, 0.1) is 6.92 Å². The van der Waals surface area contributed by atoms with E-state index in [1.807, 2.05) is 91.0 Å². The quantitative estimate of drug-likeness (QED) is 0.378. The molecule has 2 heterocycles. The molecule has 3 aromatic carbocycles. The van der Waals surface area contributed by atoms with Gasteiger partial charge in [0.15, 0.2) is 12.4 Å². The minimum Gasteiger partial charge on any atom is -0.387 e. The number of aromatic nitrogens is 2. The van der Waals surface area contributed by atoms with Crippen LogP contribution in [-0.4, -0.2) is 39.6 Å². The Labute approximate surface area is 212 Å². The lowest BCUT2D eigenvalue weighted by Gasteiger charge is -2.37. The van der Waals surface area contributed by atoms with Crippen LogP contribution in [0.4, 0.5) is 4.39 Å². The van der Waals surface area contributed by atoms with E-state index >= 15 is 4.39 Å². The van der Waals surface area contributed by atoms with Crippen molar-refractivity contribution in [2.75, 3.05) is 6.61 Å². The van der Waals surface area contributed by atoms with Gasteiger partial charge in [-0.2, -0.15) is 0 Å². The molecule has 8 heteroatoms. The maximum atomic E-state index is 15.2. The molecule has 1 aliphatic heterocycles. The molecule has 2 N–H and O–H groups in total. The van der Waals surface area contributed by atoms with Crippen molar-refractivity contribution in [1.29, 1.82) is 0 Å².